The van der Waals surface area contributed by atoms with E-state index in [1.807, 2.05) is 23.9 Å². The lowest BCUT2D eigenvalue weighted by atomic mass is 9.93. The Bertz CT molecular complexity index is 2040. The fourth-order valence-electron chi connectivity index (χ4n) is 7.70. The van der Waals surface area contributed by atoms with E-state index in [-0.39, 0.29) is 5.97 Å². The third-order valence-electron chi connectivity index (χ3n) is 11.2. The van der Waals surface area contributed by atoms with Crippen LogP contribution in [-0.4, -0.2) is 43.6 Å². The molecular weight excluding hydrogens is 765 g/mol. The zero-order valence-corrected chi connectivity index (χ0v) is 38.4. The predicted octanol–water partition coefficient (Wildman–Crippen LogP) is 13.4. The van der Waals surface area contributed by atoms with Gasteiger partial charge in [-0.2, -0.15) is 0 Å². The van der Waals surface area contributed by atoms with Gasteiger partial charge in [-0.25, -0.2) is 9.13 Å². The van der Waals surface area contributed by atoms with E-state index in [4.69, 9.17) is 28.4 Å². The zero-order valence-electron chi connectivity index (χ0n) is 38.4. The monoisotopic (exact) mass is 840 g/mol. The third kappa shape index (κ3) is 14.2. The van der Waals surface area contributed by atoms with E-state index in [0.717, 1.165) is 171 Å². The van der Waals surface area contributed by atoms with E-state index in [1.165, 1.54) is 0 Å². The van der Waals surface area contributed by atoms with Crippen LogP contribution in [0.3, 0.4) is 0 Å². The van der Waals surface area contributed by atoms with Gasteiger partial charge in [0.2, 0.25) is 6.33 Å². The van der Waals surface area contributed by atoms with Crippen LogP contribution in [0.5, 0.6) is 34.5 Å². The van der Waals surface area contributed by atoms with Crippen LogP contribution in [0.25, 0.3) is 32.3 Å². The molecule has 0 saturated heterocycles. The first-order valence-corrected chi connectivity index (χ1v) is 23.8. The van der Waals surface area contributed by atoms with Gasteiger partial charge in [-0.3, -0.25) is 4.79 Å². The van der Waals surface area contributed by atoms with Crippen molar-refractivity contribution in [2.75, 3.05) is 33.0 Å². The number of hydrogen-bond acceptors (Lipinski definition) is 7. The number of imidazole rings is 1. The van der Waals surface area contributed by atoms with Crippen LogP contribution in [-0.2, 0) is 18.4 Å². The highest BCUT2D eigenvalue weighted by Crippen LogP contribution is 2.47. The molecule has 0 radical (unpaired) electrons. The van der Waals surface area contributed by atoms with Gasteiger partial charge in [0.15, 0.2) is 34.5 Å². The molecule has 61 heavy (non-hydrogen) atoms. The lowest BCUT2D eigenvalue weighted by molar-refractivity contribution is -0.671. The molecule has 0 aliphatic carbocycles. The van der Waals surface area contributed by atoms with Crippen LogP contribution in [0, 0.1) is 0 Å². The first-order valence-electron chi connectivity index (χ1n) is 23.8. The van der Waals surface area contributed by atoms with Gasteiger partial charge in [-0.1, -0.05) is 98.8 Å². The van der Waals surface area contributed by atoms with Crippen LogP contribution in [0.4, 0.5) is 0 Å². The van der Waals surface area contributed by atoms with Gasteiger partial charge in [0.1, 0.15) is 12.4 Å². The van der Waals surface area contributed by atoms with Crippen molar-refractivity contribution in [3.63, 3.8) is 0 Å². The lowest BCUT2D eigenvalue weighted by Gasteiger charge is -2.20. The summed E-state index contributed by atoms with van der Waals surface area (Å²) in [6.07, 6.45) is 23.8. The van der Waals surface area contributed by atoms with E-state index in [0.29, 0.717) is 51.0 Å². The van der Waals surface area contributed by atoms with Crippen LogP contribution in [0.15, 0.2) is 55.1 Å². The Kier molecular flexibility index (Phi) is 20.2. The summed E-state index contributed by atoms with van der Waals surface area (Å²) in [4.78, 5) is 13.6. The molecule has 9 heteroatoms. The highest BCUT2D eigenvalue weighted by atomic mass is 16.6. The lowest BCUT2D eigenvalue weighted by Crippen LogP contribution is -2.23. The largest absolute Gasteiger partial charge is 0.490 e. The minimum Gasteiger partial charge on any atom is -0.490 e. The van der Waals surface area contributed by atoms with Crippen molar-refractivity contribution in [2.45, 2.75) is 157 Å². The number of aryl methyl sites for hydroxylation is 2. The molecule has 0 spiro atoms. The molecule has 1 aromatic heterocycles. The molecule has 334 valence electrons. The number of hydrogen-bond donors (Lipinski definition) is 0. The average molecular weight is 840 g/mol. The van der Waals surface area contributed by atoms with Gasteiger partial charge in [-0.05, 0) is 114 Å². The number of carbonyl (C=O) groups excluding carboxylic acids is 1. The predicted molar refractivity (Wildman–Crippen MR) is 249 cm³/mol. The quantitative estimate of drug-likeness (QED) is 0.0145. The summed E-state index contributed by atoms with van der Waals surface area (Å²) in [6, 6.07) is 12.6. The Hall–Kier alpha value is -4.66. The molecule has 5 aromatic rings. The number of benzene rings is 4. The molecule has 1 heterocycles. The Morgan fingerprint density at radius 3 is 1.10 bits per heavy atom. The fourth-order valence-corrected chi connectivity index (χ4v) is 7.70. The fraction of sp³-hybridized carbons (Fsp3) is 0.577. The smallest absolute Gasteiger partial charge is 0.311 e. The van der Waals surface area contributed by atoms with Crippen LogP contribution < -0.4 is 33.0 Å². The minimum absolute atomic E-state index is 0.267. The van der Waals surface area contributed by atoms with Gasteiger partial charge in [-0.15, -0.1) is 0 Å². The molecule has 4 aromatic carbocycles. The summed E-state index contributed by atoms with van der Waals surface area (Å²) < 4.78 is 43.1. The van der Waals surface area contributed by atoms with Gasteiger partial charge in [0.25, 0.3) is 0 Å². The Balaban J connectivity index is 1.67. The van der Waals surface area contributed by atoms with Crippen molar-refractivity contribution in [3.05, 3.63) is 55.1 Å². The maximum Gasteiger partial charge on any atom is 0.311 e. The van der Waals surface area contributed by atoms with Crippen molar-refractivity contribution < 1.29 is 37.8 Å². The summed E-state index contributed by atoms with van der Waals surface area (Å²) in [5.41, 5.74) is 0. The van der Waals surface area contributed by atoms with E-state index < -0.39 is 0 Å². The van der Waals surface area contributed by atoms with Crippen molar-refractivity contribution in [2.24, 2.45) is 7.05 Å². The van der Waals surface area contributed by atoms with Crippen molar-refractivity contribution in [1.82, 2.24) is 4.57 Å². The average Bonchev–Trinajstić information content (AvgIpc) is 3.69. The van der Waals surface area contributed by atoms with Crippen molar-refractivity contribution in [3.8, 4) is 34.5 Å². The highest BCUT2D eigenvalue weighted by Gasteiger charge is 2.21. The normalized spacial score (nSPS) is 11.4. The summed E-state index contributed by atoms with van der Waals surface area (Å²) in [5.74, 6) is 3.68. The summed E-state index contributed by atoms with van der Waals surface area (Å²) in [7, 11) is 2.01. The van der Waals surface area contributed by atoms with Gasteiger partial charge in [0, 0.05) is 6.42 Å². The second-order valence-electron chi connectivity index (χ2n) is 16.6. The maximum atomic E-state index is 13.6. The molecule has 0 amide bonds. The van der Waals surface area contributed by atoms with E-state index in [2.05, 4.69) is 82.0 Å². The highest BCUT2D eigenvalue weighted by molar-refractivity contribution is 6.27. The molecule has 0 saturated carbocycles. The molecule has 0 atom stereocenters. The standard InChI is InChI=1S/C52H75N2O7/c1-7-12-19-28-56-46-33-40-41-34-47(57-29-20-13-8-2)49(59-31-22-15-10-4)36-43(41)45-38-51(61-52(55)24-17-18-25-54-27-26-53(6)39-54)50(60-32-23-16-11-5)37-44(45)42(40)35-48(46)58-30-21-14-9-3/h26-27,33-39H,7-25,28-32H2,1-6H3/q+1. The molecule has 5 rings (SSSR count). The molecule has 0 bridgehead atoms. The Morgan fingerprint density at radius 2 is 0.787 bits per heavy atom. The molecular formula is C52H75N2O7+. The molecule has 0 fully saturated rings. The first kappa shape index (κ1) is 47.4. The number of rotatable bonds is 31. The number of unbranched alkanes of at least 4 members (excludes halogenated alkanes) is 11. The molecule has 0 aliphatic rings. The first-order chi connectivity index (χ1) is 29.9. The van der Waals surface area contributed by atoms with Gasteiger partial charge >= 0.3 is 5.97 Å². The van der Waals surface area contributed by atoms with E-state index in [9.17, 15) is 4.79 Å². The molecule has 0 N–H and O–H groups in total. The number of fused-ring (bicyclic) bond motifs is 6. The summed E-state index contributed by atoms with van der Waals surface area (Å²) in [6.45, 7) is 14.8. The Labute approximate surface area is 366 Å². The number of ether oxygens (including phenoxy) is 6. The van der Waals surface area contributed by atoms with Gasteiger partial charge in [0.05, 0.1) is 46.6 Å². The number of aromatic nitrogens is 2. The third-order valence-corrected chi connectivity index (χ3v) is 11.2. The summed E-state index contributed by atoms with van der Waals surface area (Å²) >= 11 is 0. The molecule has 0 unspecified atom stereocenters. The maximum absolute atomic E-state index is 13.6. The zero-order chi connectivity index (χ0) is 43.2. The second-order valence-corrected chi connectivity index (χ2v) is 16.6. The SMILES string of the molecule is CCCCCOc1cc2c3cc(OCCCCC)c(OCCCCC)cc3c3cc(OC(=O)CCCCn4cc[n+](C)c4)c(OCCCCC)cc3c2cc1OCCCCC. The summed E-state index contributed by atoms with van der Waals surface area (Å²) in [5, 5.41) is 5.96. The second kappa shape index (κ2) is 26.0. The molecule has 9 nitrogen and oxygen atoms in total. The number of esters is 1. The number of carbonyl (C=O) groups is 1. The van der Waals surface area contributed by atoms with Crippen LogP contribution >= 0.6 is 0 Å². The van der Waals surface area contributed by atoms with Crippen LogP contribution in [0.1, 0.15) is 150 Å². The number of nitrogens with zero attached hydrogens (tertiary/aromatic N) is 2. The minimum atomic E-state index is -0.267. The van der Waals surface area contributed by atoms with E-state index in [1.54, 1.807) is 0 Å². The van der Waals surface area contributed by atoms with Crippen molar-refractivity contribution >= 4 is 38.3 Å². The van der Waals surface area contributed by atoms with Crippen LogP contribution in [0.2, 0.25) is 0 Å². The van der Waals surface area contributed by atoms with Gasteiger partial charge < -0.3 is 28.4 Å². The van der Waals surface area contributed by atoms with Crippen molar-refractivity contribution in [1.29, 1.82) is 0 Å². The van der Waals surface area contributed by atoms with E-state index >= 15 is 0 Å². The Morgan fingerprint density at radius 1 is 0.459 bits per heavy atom. The topological polar surface area (TPSA) is 81.3 Å². The molecule has 0 aliphatic heterocycles.